The highest BCUT2D eigenvalue weighted by Gasteiger charge is 2.35. The summed E-state index contributed by atoms with van der Waals surface area (Å²) in [7, 11) is 0. The Hall–Kier alpha value is -1.92. The molecule has 2 aliphatic rings. The molecule has 6 heteroatoms. The van der Waals surface area contributed by atoms with Gasteiger partial charge in [0.1, 0.15) is 0 Å². The maximum absolute atomic E-state index is 11.9. The van der Waals surface area contributed by atoms with Crippen molar-refractivity contribution in [1.29, 1.82) is 0 Å². The average Bonchev–Trinajstić information content (AvgIpc) is 3.03. The number of rotatable bonds is 5. The van der Waals surface area contributed by atoms with E-state index in [0.717, 1.165) is 39.0 Å². The van der Waals surface area contributed by atoms with Crippen LogP contribution in [0.1, 0.15) is 31.2 Å². The Morgan fingerprint density at radius 1 is 1.12 bits per heavy atom. The van der Waals surface area contributed by atoms with Crippen molar-refractivity contribution in [3.8, 4) is 0 Å². The van der Waals surface area contributed by atoms with E-state index in [1.165, 1.54) is 18.4 Å². The Morgan fingerprint density at radius 3 is 2.64 bits per heavy atom. The van der Waals surface area contributed by atoms with Crippen LogP contribution in [0, 0.1) is 5.92 Å². The second-order valence-corrected chi connectivity index (χ2v) is 7.22. The van der Waals surface area contributed by atoms with E-state index in [-0.39, 0.29) is 12.5 Å². The number of hydrogen-bond acceptors (Lipinski definition) is 4. The van der Waals surface area contributed by atoms with E-state index >= 15 is 0 Å². The summed E-state index contributed by atoms with van der Waals surface area (Å²) in [5, 5.41) is 2.18. The fourth-order valence-electron chi connectivity index (χ4n) is 4.33. The molecule has 3 amide bonds. The number of carbonyl (C=O) groups excluding carboxylic acids is 2. The molecule has 1 aromatic carbocycles. The van der Waals surface area contributed by atoms with Gasteiger partial charge < -0.3 is 5.73 Å². The molecular weight excluding hydrogens is 316 g/mol. The van der Waals surface area contributed by atoms with E-state index in [1.54, 1.807) is 0 Å². The van der Waals surface area contributed by atoms with Gasteiger partial charge in [-0.05, 0) is 50.3 Å². The molecule has 1 aromatic rings. The van der Waals surface area contributed by atoms with Crippen LogP contribution >= 0.6 is 0 Å². The third-order valence-corrected chi connectivity index (χ3v) is 5.36. The summed E-state index contributed by atoms with van der Waals surface area (Å²) in [6.45, 7) is 4.40. The lowest BCUT2D eigenvalue weighted by Gasteiger charge is -2.39. The highest BCUT2D eigenvalue weighted by molar-refractivity contribution is 5.94. The molecule has 2 saturated heterocycles. The number of urea groups is 1. The van der Waals surface area contributed by atoms with E-state index in [9.17, 15) is 9.59 Å². The SMILES string of the molecule is NC(=O)NC(=O)CN1CCC[C@H]1[C@@H]1CCCN(Cc2ccccc2)C1. The number of carbonyl (C=O) groups is 2. The van der Waals surface area contributed by atoms with Gasteiger partial charge in [-0.2, -0.15) is 0 Å². The van der Waals surface area contributed by atoms with Crippen molar-refractivity contribution >= 4 is 11.9 Å². The Morgan fingerprint density at radius 2 is 1.88 bits per heavy atom. The molecule has 3 N–H and O–H groups in total. The first-order valence-electron chi connectivity index (χ1n) is 9.21. The zero-order valence-corrected chi connectivity index (χ0v) is 14.7. The lowest BCUT2D eigenvalue weighted by Crippen LogP contribution is -2.48. The van der Waals surface area contributed by atoms with Gasteiger partial charge in [-0.1, -0.05) is 30.3 Å². The minimum atomic E-state index is -0.771. The number of hydrogen-bond donors (Lipinski definition) is 2. The maximum Gasteiger partial charge on any atom is 0.318 e. The Balaban J connectivity index is 1.56. The van der Waals surface area contributed by atoms with Crippen molar-refractivity contribution < 1.29 is 9.59 Å². The first kappa shape index (κ1) is 17.9. The van der Waals surface area contributed by atoms with E-state index in [2.05, 4.69) is 45.4 Å². The summed E-state index contributed by atoms with van der Waals surface area (Å²) in [4.78, 5) is 27.5. The number of likely N-dealkylation sites (tertiary alicyclic amines) is 2. The lowest BCUT2D eigenvalue weighted by molar-refractivity contribution is -0.121. The van der Waals surface area contributed by atoms with Crippen LogP contribution in [0.2, 0.25) is 0 Å². The summed E-state index contributed by atoms with van der Waals surface area (Å²) in [5.41, 5.74) is 6.39. The van der Waals surface area contributed by atoms with Crippen LogP contribution in [0.5, 0.6) is 0 Å². The minimum absolute atomic E-state index is 0.267. The van der Waals surface area contributed by atoms with Crippen molar-refractivity contribution in [2.75, 3.05) is 26.2 Å². The predicted molar refractivity (Wildman–Crippen MR) is 96.8 cm³/mol. The van der Waals surface area contributed by atoms with Crippen LogP contribution in [0.15, 0.2) is 30.3 Å². The smallest absolute Gasteiger partial charge is 0.318 e. The van der Waals surface area contributed by atoms with Gasteiger partial charge in [-0.25, -0.2) is 4.79 Å². The van der Waals surface area contributed by atoms with Crippen molar-refractivity contribution in [1.82, 2.24) is 15.1 Å². The molecule has 136 valence electrons. The number of nitrogens with zero attached hydrogens (tertiary/aromatic N) is 2. The Labute approximate surface area is 149 Å². The number of amides is 3. The molecule has 6 nitrogen and oxygen atoms in total. The standard InChI is InChI=1S/C19H28N4O2/c20-19(25)21-18(24)14-23-11-5-9-17(23)16-8-4-10-22(13-16)12-15-6-2-1-3-7-15/h1-3,6-7,16-17H,4-5,8-14H2,(H3,20,21,24,25)/t16-,17+/m1/s1. The molecule has 2 heterocycles. The van der Waals surface area contributed by atoms with Crippen molar-refractivity contribution in [2.45, 2.75) is 38.3 Å². The first-order valence-corrected chi connectivity index (χ1v) is 9.21. The number of benzene rings is 1. The van der Waals surface area contributed by atoms with Crippen LogP contribution < -0.4 is 11.1 Å². The zero-order chi connectivity index (χ0) is 17.6. The van der Waals surface area contributed by atoms with Crippen molar-refractivity contribution in [2.24, 2.45) is 11.7 Å². The normalized spacial score (nSPS) is 25.0. The topological polar surface area (TPSA) is 78.7 Å². The largest absolute Gasteiger partial charge is 0.351 e. The minimum Gasteiger partial charge on any atom is -0.351 e. The quantitative estimate of drug-likeness (QED) is 0.850. The van der Waals surface area contributed by atoms with Crippen LogP contribution in [0.4, 0.5) is 4.79 Å². The third kappa shape index (κ3) is 5.03. The van der Waals surface area contributed by atoms with E-state index in [4.69, 9.17) is 5.73 Å². The molecule has 0 spiro atoms. The number of imide groups is 1. The van der Waals surface area contributed by atoms with E-state index in [1.807, 2.05) is 0 Å². The molecule has 0 radical (unpaired) electrons. The molecule has 0 aromatic heterocycles. The van der Waals surface area contributed by atoms with Crippen LogP contribution in [0.25, 0.3) is 0 Å². The summed E-state index contributed by atoms with van der Waals surface area (Å²) in [6.07, 6.45) is 4.66. The summed E-state index contributed by atoms with van der Waals surface area (Å²) in [5.74, 6) is 0.290. The van der Waals surface area contributed by atoms with Crippen molar-refractivity contribution in [3.63, 3.8) is 0 Å². The summed E-state index contributed by atoms with van der Waals surface area (Å²) in [6, 6.07) is 10.2. The molecule has 0 aliphatic carbocycles. The summed E-state index contributed by atoms with van der Waals surface area (Å²) < 4.78 is 0. The van der Waals surface area contributed by atoms with E-state index in [0.29, 0.717) is 12.0 Å². The maximum atomic E-state index is 11.9. The number of nitrogens with two attached hydrogens (primary N) is 1. The zero-order valence-electron chi connectivity index (χ0n) is 14.7. The monoisotopic (exact) mass is 344 g/mol. The molecule has 0 bridgehead atoms. The van der Waals surface area contributed by atoms with Gasteiger partial charge in [-0.3, -0.25) is 19.9 Å². The van der Waals surface area contributed by atoms with Crippen LogP contribution in [-0.4, -0.2) is 54.0 Å². The van der Waals surface area contributed by atoms with Gasteiger partial charge in [0.05, 0.1) is 6.54 Å². The van der Waals surface area contributed by atoms with Crippen molar-refractivity contribution in [3.05, 3.63) is 35.9 Å². The van der Waals surface area contributed by atoms with Crippen LogP contribution in [-0.2, 0) is 11.3 Å². The second kappa shape index (κ2) is 8.45. The fourth-order valence-corrected chi connectivity index (χ4v) is 4.33. The molecule has 2 aliphatic heterocycles. The van der Waals surface area contributed by atoms with Gasteiger partial charge in [0.25, 0.3) is 0 Å². The Kier molecular flexibility index (Phi) is 6.04. The predicted octanol–water partition coefficient (Wildman–Crippen LogP) is 1.56. The van der Waals surface area contributed by atoms with Gasteiger partial charge in [0.15, 0.2) is 0 Å². The number of nitrogens with one attached hydrogen (secondary N) is 1. The highest BCUT2D eigenvalue weighted by atomic mass is 16.2. The lowest BCUT2D eigenvalue weighted by atomic mass is 9.89. The highest BCUT2D eigenvalue weighted by Crippen LogP contribution is 2.30. The molecule has 2 atom stereocenters. The number of primary amides is 1. The Bertz CT molecular complexity index is 592. The summed E-state index contributed by atoms with van der Waals surface area (Å²) >= 11 is 0. The fraction of sp³-hybridized carbons (Fsp3) is 0.579. The molecule has 25 heavy (non-hydrogen) atoms. The molecule has 2 fully saturated rings. The average molecular weight is 344 g/mol. The molecular formula is C19H28N4O2. The van der Waals surface area contributed by atoms with Gasteiger partial charge in [0.2, 0.25) is 5.91 Å². The first-order chi connectivity index (χ1) is 12.1. The third-order valence-electron chi connectivity index (χ3n) is 5.36. The molecule has 0 unspecified atom stereocenters. The molecule has 3 rings (SSSR count). The number of piperidine rings is 1. The van der Waals surface area contributed by atoms with Gasteiger partial charge in [-0.15, -0.1) is 0 Å². The molecule has 0 saturated carbocycles. The van der Waals surface area contributed by atoms with Gasteiger partial charge in [0, 0.05) is 19.1 Å². The van der Waals surface area contributed by atoms with Gasteiger partial charge >= 0.3 is 6.03 Å². The van der Waals surface area contributed by atoms with E-state index < -0.39 is 6.03 Å². The second-order valence-electron chi connectivity index (χ2n) is 7.22. The van der Waals surface area contributed by atoms with Crippen LogP contribution in [0.3, 0.4) is 0 Å².